The largest absolute Gasteiger partial charge is 0.466 e. The molecule has 1 aliphatic rings. The molecule has 0 N–H and O–H groups in total. The van der Waals surface area contributed by atoms with Gasteiger partial charge in [0.2, 0.25) is 0 Å². The first-order chi connectivity index (χ1) is 21.8. The Kier molecular flexibility index (Phi) is 26.8. The van der Waals surface area contributed by atoms with Crippen LogP contribution in [0.25, 0.3) is 0 Å². The second-order valence-corrected chi connectivity index (χ2v) is 16.2. The quantitative estimate of drug-likeness (QED) is 0.0562. The van der Waals surface area contributed by atoms with Crippen molar-refractivity contribution in [3.63, 3.8) is 0 Å². The average molecular weight is 634 g/mol. The Balaban J connectivity index is 2.22. The fraction of sp³-hybridized carbons (Fsp3) is 0.976. The SMILES string of the molecule is CCCCCCCCCCC(CCCCCCCCC(=O)OCCC(CCCCC)CCCCC)CC1CCN(C(C)(C)C)C1. The highest BCUT2D eigenvalue weighted by Crippen LogP contribution is 2.32. The minimum atomic E-state index is 0.0385. The van der Waals surface area contributed by atoms with Crippen LogP contribution in [0.2, 0.25) is 0 Å². The molecule has 3 heteroatoms. The number of unbranched alkanes of at least 4 members (excludes halogenated alkanes) is 16. The number of ether oxygens (including phenoxy) is 1. The average Bonchev–Trinajstić information content (AvgIpc) is 3.49. The van der Waals surface area contributed by atoms with Crippen molar-refractivity contribution in [2.75, 3.05) is 19.7 Å². The van der Waals surface area contributed by atoms with Crippen molar-refractivity contribution in [1.82, 2.24) is 4.90 Å². The molecule has 0 spiro atoms. The molecule has 0 amide bonds. The van der Waals surface area contributed by atoms with Crippen LogP contribution in [0, 0.1) is 17.8 Å². The van der Waals surface area contributed by atoms with Gasteiger partial charge in [-0.05, 0) is 70.8 Å². The topological polar surface area (TPSA) is 29.5 Å². The lowest BCUT2D eigenvalue weighted by molar-refractivity contribution is -0.144. The van der Waals surface area contributed by atoms with Gasteiger partial charge < -0.3 is 4.74 Å². The van der Waals surface area contributed by atoms with E-state index in [4.69, 9.17) is 4.74 Å². The third-order valence-corrected chi connectivity index (χ3v) is 10.8. The Morgan fingerprint density at radius 1 is 0.622 bits per heavy atom. The first kappa shape index (κ1) is 42.5. The van der Waals surface area contributed by atoms with Gasteiger partial charge in [-0.3, -0.25) is 9.69 Å². The molecule has 0 bridgehead atoms. The van der Waals surface area contributed by atoms with Gasteiger partial charge in [0.25, 0.3) is 0 Å². The summed E-state index contributed by atoms with van der Waals surface area (Å²) < 4.78 is 5.66. The van der Waals surface area contributed by atoms with Crippen LogP contribution in [0.4, 0.5) is 0 Å². The maximum absolute atomic E-state index is 12.3. The molecule has 1 rings (SSSR count). The molecule has 0 aliphatic carbocycles. The van der Waals surface area contributed by atoms with Crippen molar-refractivity contribution >= 4 is 5.97 Å². The van der Waals surface area contributed by atoms with Crippen LogP contribution in [0.1, 0.15) is 221 Å². The summed E-state index contributed by atoms with van der Waals surface area (Å²) in [4.78, 5) is 15.1. The summed E-state index contributed by atoms with van der Waals surface area (Å²) in [7, 11) is 0. The van der Waals surface area contributed by atoms with E-state index in [2.05, 4.69) is 46.4 Å². The lowest BCUT2D eigenvalue weighted by Crippen LogP contribution is -2.39. The zero-order valence-electron chi connectivity index (χ0n) is 31.9. The summed E-state index contributed by atoms with van der Waals surface area (Å²) in [5.74, 6) is 2.63. The van der Waals surface area contributed by atoms with E-state index in [1.165, 1.54) is 174 Å². The molecule has 1 saturated heterocycles. The molecule has 0 aromatic carbocycles. The second-order valence-electron chi connectivity index (χ2n) is 16.2. The molecule has 1 aliphatic heterocycles. The molecule has 1 heterocycles. The fourth-order valence-electron chi connectivity index (χ4n) is 7.67. The second kappa shape index (κ2) is 28.4. The van der Waals surface area contributed by atoms with Gasteiger partial charge in [-0.15, -0.1) is 0 Å². The van der Waals surface area contributed by atoms with E-state index in [9.17, 15) is 4.79 Å². The molecule has 1 fully saturated rings. The number of rotatable bonds is 31. The summed E-state index contributed by atoms with van der Waals surface area (Å²) in [6, 6.07) is 0. The Morgan fingerprint density at radius 2 is 1.07 bits per heavy atom. The van der Waals surface area contributed by atoms with Crippen molar-refractivity contribution in [2.45, 2.75) is 227 Å². The van der Waals surface area contributed by atoms with Crippen molar-refractivity contribution in [1.29, 1.82) is 0 Å². The Morgan fingerprint density at radius 3 is 1.58 bits per heavy atom. The van der Waals surface area contributed by atoms with Gasteiger partial charge in [-0.25, -0.2) is 0 Å². The third kappa shape index (κ3) is 24.3. The summed E-state index contributed by atoms with van der Waals surface area (Å²) in [6.45, 7) is 17.3. The molecule has 2 atom stereocenters. The van der Waals surface area contributed by atoms with E-state index >= 15 is 0 Å². The fourth-order valence-corrected chi connectivity index (χ4v) is 7.67. The Hall–Kier alpha value is -0.570. The number of carbonyl (C=O) groups is 1. The van der Waals surface area contributed by atoms with Crippen LogP contribution in [0.15, 0.2) is 0 Å². The molecule has 268 valence electrons. The summed E-state index contributed by atoms with van der Waals surface area (Å²) in [5, 5.41) is 0. The van der Waals surface area contributed by atoms with E-state index in [-0.39, 0.29) is 5.97 Å². The molecular formula is C42H83NO2. The predicted molar refractivity (Wildman–Crippen MR) is 199 cm³/mol. The predicted octanol–water partition coefficient (Wildman–Crippen LogP) is 13.5. The number of hydrogen-bond acceptors (Lipinski definition) is 3. The minimum absolute atomic E-state index is 0.0385. The van der Waals surface area contributed by atoms with E-state index in [0.717, 1.165) is 30.6 Å². The van der Waals surface area contributed by atoms with Gasteiger partial charge in [-0.1, -0.05) is 168 Å². The van der Waals surface area contributed by atoms with E-state index in [0.29, 0.717) is 18.6 Å². The maximum Gasteiger partial charge on any atom is 0.305 e. The van der Waals surface area contributed by atoms with Crippen LogP contribution in [0.5, 0.6) is 0 Å². The highest BCUT2D eigenvalue weighted by atomic mass is 16.5. The third-order valence-electron chi connectivity index (χ3n) is 10.8. The Labute approximate surface area is 284 Å². The molecule has 0 aromatic heterocycles. The van der Waals surface area contributed by atoms with E-state index in [1.807, 2.05) is 0 Å². The van der Waals surface area contributed by atoms with Gasteiger partial charge in [0.1, 0.15) is 0 Å². The summed E-state index contributed by atoms with van der Waals surface area (Å²) in [5.41, 5.74) is 0.323. The molecule has 0 saturated carbocycles. The van der Waals surface area contributed by atoms with Crippen molar-refractivity contribution < 1.29 is 9.53 Å². The van der Waals surface area contributed by atoms with Gasteiger partial charge in [-0.2, -0.15) is 0 Å². The van der Waals surface area contributed by atoms with Crippen molar-refractivity contribution in [3.05, 3.63) is 0 Å². The van der Waals surface area contributed by atoms with E-state index < -0.39 is 0 Å². The molecule has 3 nitrogen and oxygen atoms in total. The molecular weight excluding hydrogens is 550 g/mol. The lowest BCUT2D eigenvalue weighted by atomic mass is 9.85. The van der Waals surface area contributed by atoms with Gasteiger partial charge in [0, 0.05) is 18.5 Å². The molecule has 2 unspecified atom stereocenters. The zero-order chi connectivity index (χ0) is 33.0. The smallest absolute Gasteiger partial charge is 0.305 e. The van der Waals surface area contributed by atoms with Gasteiger partial charge in [0.15, 0.2) is 0 Å². The normalized spacial score (nSPS) is 16.6. The van der Waals surface area contributed by atoms with Crippen molar-refractivity contribution in [2.24, 2.45) is 17.8 Å². The summed E-state index contributed by atoms with van der Waals surface area (Å²) >= 11 is 0. The maximum atomic E-state index is 12.3. The number of nitrogens with zero attached hydrogens (tertiary/aromatic N) is 1. The van der Waals surface area contributed by atoms with Crippen LogP contribution >= 0.6 is 0 Å². The minimum Gasteiger partial charge on any atom is -0.466 e. The number of likely N-dealkylation sites (tertiary alicyclic amines) is 1. The van der Waals surface area contributed by atoms with Crippen molar-refractivity contribution in [3.8, 4) is 0 Å². The van der Waals surface area contributed by atoms with Crippen LogP contribution in [0.3, 0.4) is 0 Å². The first-order valence-corrected chi connectivity index (χ1v) is 20.7. The molecule has 0 radical (unpaired) electrons. The zero-order valence-corrected chi connectivity index (χ0v) is 31.9. The molecule has 45 heavy (non-hydrogen) atoms. The first-order valence-electron chi connectivity index (χ1n) is 20.7. The number of esters is 1. The van der Waals surface area contributed by atoms with Gasteiger partial charge >= 0.3 is 5.97 Å². The van der Waals surface area contributed by atoms with Crippen LogP contribution < -0.4 is 0 Å². The van der Waals surface area contributed by atoms with E-state index in [1.54, 1.807) is 0 Å². The monoisotopic (exact) mass is 634 g/mol. The standard InChI is InChI=1S/C42H83NO2/c1-7-10-13-14-15-16-19-24-29-39(36-40-32-34-43(37-40)42(4,5)6)30-25-20-17-18-21-26-31-41(44)45-35-33-38(27-22-11-8-2)28-23-12-9-3/h38-40H,7-37H2,1-6H3. The summed E-state index contributed by atoms with van der Waals surface area (Å²) in [6.07, 6.45) is 37.0. The Bertz CT molecular complexity index is 646. The van der Waals surface area contributed by atoms with Crippen LogP contribution in [-0.2, 0) is 9.53 Å². The molecule has 0 aromatic rings. The highest BCUT2D eigenvalue weighted by Gasteiger charge is 2.31. The number of hydrogen-bond donors (Lipinski definition) is 0. The lowest BCUT2D eigenvalue weighted by Gasteiger charge is -2.32. The number of carbonyl (C=O) groups excluding carboxylic acids is 1. The van der Waals surface area contributed by atoms with Crippen LogP contribution in [-0.4, -0.2) is 36.1 Å². The van der Waals surface area contributed by atoms with Gasteiger partial charge in [0.05, 0.1) is 6.61 Å². The highest BCUT2D eigenvalue weighted by molar-refractivity contribution is 5.69.